The smallest absolute Gasteiger partial charge is 0.193 e. The summed E-state index contributed by atoms with van der Waals surface area (Å²) in [5.41, 5.74) is 0. The first-order chi connectivity index (χ1) is 6.27. The molecule has 1 atom stereocenters. The summed E-state index contributed by atoms with van der Waals surface area (Å²) < 4.78 is 5.29. The van der Waals surface area contributed by atoms with Crippen LogP contribution < -0.4 is 0 Å². The molecule has 13 heavy (non-hydrogen) atoms. The summed E-state index contributed by atoms with van der Waals surface area (Å²) in [4.78, 5) is 1.33. The molecule has 1 nitrogen and oxygen atoms in total. The minimum Gasteiger partial charge on any atom is -0.448 e. The topological polar surface area (TPSA) is 13.1 Å². The lowest BCUT2D eigenvalue weighted by atomic mass is 10.3. The van der Waals surface area contributed by atoms with E-state index in [1.54, 1.807) is 17.4 Å². The van der Waals surface area contributed by atoms with Crippen LogP contribution in [0.2, 0.25) is 5.22 Å². The normalized spacial score (nSPS) is 13.1. The van der Waals surface area contributed by atoms with Gasteiger partial charge in [-0.15, -0.1) is 11.3 Å². The highest BCUT2D eigenvalue weighted by atomic mass is 79.9. The molecular weight excluding hydrogens is 272 g/mol. The van der Waals surface area contributed by atoms with E-state index in [0.29, 0.717) is 5.22 Å². The van der Waals surface area contributed by atoms with E-state index in [1.807, 2.05) is 17.5 Å². The molecule has 0 aliphatic heterocycles. The van der Waals surface area contributed by atoms with Crippen LogP contribution in [0.15, 0.2) is 34.1 Å². The molecule has 68 valence electrons. The Balaban J connectivity index is 2.28. The third-order valence-corrected chi connectivity index (χ3v) is 4.02. The molecule has 2 heterocycles. The molecule has 0 aliphatic carbocycles. The Hall–Kier alpha value is -0.250. The van der Waals surface area contributed by atoms with E-state index in [-0.39, 0.29) is 4.83 Å². The molecule has 0 aliphatic rings. The molecular formula is C9H6BrClOS. The van der Waals surface area contributed by atoms with E-state index in [0.717, 1.165) is 5.76 Å². The average molecular weight is 278 g/mol. The highest BCUT2D eigenvalue weighted by Gasteiger charge is 2.14. The minimum absolute atomic E-state index is 0.111. The average Bonchev–Trinajstić information content (AvgIpc) is 2.72. The number of furan rings is 1. The maximum atomic E-state index is 5.68. The van der Waals surface area contributed by atoms with Gasteiger partial charge >= 0.3 is 0 Å². The van der Waals surface area contributed by atoms with Gasteiger partial charge in [0, 0.05) is 4.88 Å². The molecule has 1 unspecified atom stereocenters. The molecule has 0 spiro atoms. The molecule has 2 aromatic heterocycles. The van der Waals surface area contributed by atoms with Crippen LogP contribution in [0.3, 0.4) is 0 Å². The summed E-state index contributed by atoms with van der Waals surface area (Å²) in [6.07, 6.45) is 0. The molecule has 0 bridgehead atoms. The van der Waals surface area contributed by atoms with Crippen LogP contribution in [0.1, 0.15) is 15.5 Å². The first kappa shape index (κ1) is 9.31. The summed E-state index contributed by atoms with van der Waals surface area (Å²) in [7, 11) is 0. The Morgan fingerprint density at radius 1 is 1.38 bits per heavy atom. The first-order valence-electron chi connectivity index (χ1n) is 3.70. The molecule has 0 N–H and O–H groups in total. The van der Waals surface area contributed by atoms with Crippen molar-refractivity contribution in [3.05, 3.63) is 45.5 Å². The van der Waals surface area contributed by atoms with Gasteiger partial charge in [0.2, 0.25) is 0 Å². The van der Waals surface area contributed by atoms with Crippen molar-refractivity contribution in [2.75, 3.05) is 0 Å². The van der Waals surface area contributed by atoms with E-state index >= 15 is 0 Å². The Labute approximate surface area is 93.5 Å². The molecule has 0 radical (unpaired) electrons. The number of hydrogen-bond donors (Lipinski definition) is 0. The fourth-order valence-electron chi connectivity index (χ4n) is 1.04. The van der Waals surface area contributed by atoms with Crippen molar-refractivity contribution in [3.8, 4) is 0 Å². The molecule has 4 heteroatoms. The SMILES string of the molecule is Clc1ccc(C(Br)c2cccs2)o1. The monoisotopic (exact) mass is 276 g/mol. The van der Waals surface area contributed by atoms with Gasteiger partial charge in [0.05, 0.1) is 0 Å². The van der Waals surface area contributed by atoms with Gasteiger partial charge in [0.15, 0.2) is 5.22 Å². The lowest BCUT2D eigenvalue weighted by molar-refractivity contribution is 0.523. The van der Waals surface area contributed by atoms with Gasteiger partial charge in [-0.2, -0.15) is 0 Å². The van der Waals surface area contributed by atoms with E-state index < -0.39 is 0 Å². The first-order valence-corrected chi connectivity index (χ1v) is 5.87. The van der Waals surface area contributed by atoms with Gasteiger partial charge in [0.25, 0.3) is 0 Å². The number of thiophene rings is 1. The van der Waals surface area contributed by atoms with Gasteiger partial charge in [-0.3, -0.25) is 0 Å². The van der Waals surface area contributed by atoms with Gasteiger partial charge in [-0.25, -0.2) is 0 Å². The molecule has 2 aromatic rings. The predicted octanol–water partition coefficient (Wildman–Crippen LogP) is 4.48. The third-order valence-electron chi connectivity index (χ3n) is 1.64. The molecule has 0 saturated heterocycles. The zero-order valence-electron chi connectivity index (χ0n) is 6.54. The molecule has 0 fully saturated rings. The van der Waals surface area contributed by atoms with Crippen LogP contribution in [-0.2, 0) is 0 Å². The lowest BCUT2D eigenvalue weighted by Crippen LogP contribution is -1.84. The van der Waals surface area contributed by atoms with Gasteiger partial charge in [-0.1, -0.05) is 22.0 Å². The van der Waals surface area contributed by atoms with Crippen molar-refractivity contribution in [3.63, 3.8) is 0 Å². The summed E-state index contributed by atoms with van der Waals surface area (Å²) >= 11 is 10.9. The Morgan fingerprint density at radius 3 is 2.77 bits per heavy atom. The van der Waals surface area contributed by atoms with Crippen molar-refractivity contribution in [1.82, 2.24) is 0 Å². The fraction of sp³-hybridized carbons (Fsp3) is 0.111. The number of rotatable bonds is 2. The van der Waals surface area contributed by atoms with Crippen LogP contribution in [0.4, 0.5) is 0 Å². The Morgan fingerprint density at radius 2 is 2.23 bits per heavy atom. The van der Waals surface area contributed by atoms with E-state index in [4.69, 9.17) is 16.0 Å². The summed E-state index contributed by atoms with van der Waals surface area (Å²) in [6, 6.07) is 7.69. The maximum absolute atomic E-state index is 5.68. The number of alkyl halides is 1. The summed E-state index contributed by atoms with van der Waals surface area (Å²) in [6.45, 7) is 0. The Bertz CT molecular complexity index is 382. The summed E-state index contributed by atoms with van der Waals surface area (Å²) in [5.74, 6) is 0.840. The predicted molar refractivity (Wildman–Crippen MR) is 58.8 cm³/mol. The molecule has 0 aromatic carbocycles. The van der Waals surface area contributed by atoms with Gasteiger partial charge in [-0.05, 0) is 35.2 Å². The zero-order chi connectivity index (χ0) is 9.26. The van der Waals surface area contributed by atoms with E-state index in [2.05, 4.69) is 22.0 Å². The van der Waals surface area contributed by atoms with Gasteiger partial charge in [0.1, 0.15) is 10.6 Å². The second-order valence-corrected chi connectivity index (χ2v) is 4.79. The summed E-state index contributed by atoms with van der Waals surface area (Å²) in [5, 5.41) is 2.46. The number of hydrogen-bond acceptors (Lipinski definition) is 2. The van der Waals surface area contributed by atoms with Crippen molar-refractivity contribution < 1.29 is 4.42 Å². The molecule has 0 amide bonds. The largest absolute Gasteiger partial charge is 0.448 e. The second-order valence-electron chi connectivity index (χ2n) is 2.52. The standard InChI is InChI=1S/C9H6BrClOS/c10-9(7-2-1-5-13-7)6-3-4-8(11)12-6/h1-5,9H. The van der Waals surface area contributed by atoms with Crippen molar-refractivity contribution in [2.24, 2.45) is 0 Å². The van der Waals surface area contributed by atoms with Crippen LogP contribution in [-0.4, -0.2) is 0 Å². The lowest BCUT2D eigenvalue weighted by Gasteiger charge is -2.02. The Kier molecular flexibility index (Phi) is 2.77. The highest BCUT2D eigenvalue weighted by molar-refractivity contribution is 9.09. The highest BCUT2D eigenvalue weighted by Crippen LogP contribution is 2.35. The third kappa shape index (κ3) is 1.98. The van der Waals surface area contributed by atoms with Crippen molar-refractivity contribution in [1.29, 1.82) is 0 Å². The van der Waals surface area contributed by atoms with Gasteiger partial charge < -0.3 is 4.42 Å². The fourth-order valence-corrected chi connectivity index (χ4v) is 2.62. The van der Waals surface area contributed by atoms with E-state index in [9.17, 15) is 0 Å². The zero-order valence-corrected chi connectivity index (χ0v) is 9.69. The number of halogens is 2. The minimum atomic E-state index is 0.111. The van der Waals surface area contributed by atoms with Crippen LogP contribution in [0.25, 0.3) is 0 Å². The van der Waals surface area contributed by atoms with Crippen LogP contribution in [0, 0.1) is 0 Å². The molecule has 0 saturated carbocycles. The quantitative estimate of drug-likeness (QED) is 0.738. The van der Waals surface area contributed by atoms with Crippen LogP contribution >= 0.6 is 38.9 Å². The van der Waals surface area contributed by atoms with Crippen LogP contribution in [0.5, 0.6) is 0 Å². The maximum Gasteiger partial charge on any atom is 0.193 e. The van der Waals surface area contributed by atoms with Crippen molar-refractivity contribution >= 4 is 38.9 Å². The van der Waals surface area contributed by atoms with Crippen molar-refractivity contribution in [2.45, 2.75) is 4.83 Å². The second kappa shape index (κ2) is 3.86. The molecule has 2 rings (SSSR count). The van der Waals surface area contributed by atoms with E-state index in [1.165, 1.54) is 4.88 Å².